The van der Waals surface area contributed by atoms with Gasteiger partial charge in [-0.05, 0) is 49.8 Å². The van der Waals surface area contributed by atoms with Gasteiger partial charge in [0.25, 0.3) is 0 Å². The molecule has 0 spiro atoms. The number of benzene rings is 1. The molecule has 0 radical (unpaired) electrons. The van der Waals surface area contributed by atoms with Gasteiger partial charge in [-0.15, -0.1) is 24.0 Å². The second kappa shape index (κ2) is 11.5. The summed E-state index contributed by atoms with van der Waals surface area (Å²) in [6, 6.07) is 6.80. The fourth-order valence-corrected chi connectivity index (χ4v) is 5.14. The molecule has 1 amide bonds. The molecule has 8 heteroatoms. The minimum absolute atomic E-state index is 0. The lowest BCUT2D eigenvalue weighted by Gasteiger charge is -2.39. The Morgan fingerprint density at radius 2 is 1.75 bits per heavy atom. The summed E-state index contributed by atoms with van der Waals surface area (Å²) in [7, 11) is 4.03. The van der Waals surface area contributed by atoms with Gasteiger partial charge in [0.15, 0.2) is 5.96 Å². The third-order valence-electron chi connectivity index (χ3n) is 7.09. The number of rotatable bonds is 4. The van der Waals surface area contributed by atoms with Crippen LogP contribution in [-0.2, 0) is 17.8 Å². The van der Waals surface area contributed by atoms with Gasteiger partial charge in [-0.1, -0.05) is 12.1 Å². The second-order valence-corrected chi connectivity index (χ2v) is 9.12. The minimum Gasteiger partial charge on any atom is -0.374 e. The summed E-state index contributed by atoms with van der Waals surface area (Å²) in [4.78, 5) is 26.3. The van der Waals surface area contributed by atoms with E-state index in [1.807, 2.05) is 11.9 Å². The molecule has 3 aliphatic rings. The quantitative estimate of drug-likeness (QED) is 0.352. The van der Waals surface area contributed by atoms with Gasteiger partial charge in [0.05, 0.1) is 6.04 Å². The number of fused-ring (bicyclic) bond motifs is 1. The molecule has 0 bridgehead atoms. The summed E-state index contributed by atoms with van der Waals surface area (Å²) in [5.41, 5.74) is 4.13. The largest absolute Gasteiger partial charge is 0.374 e. The topological polar surface area (TPSA) is 54.4 Å². The Bertz CT molecular complexity index is 802. The zero-order chi connectivity index (χ0) is 21.8. The number of anilines is 1. The Balaban J connectivity index is 0.00000289. The van der Waals surface area contributed by atoms with Crippen molar-refractivity contribution in [2.45, 2.75) is 45.2 Å². The molecule has 2 saturated heterocycles. The molecule has 178 valence electrons. The van der Waals surface area contributed by atoms with Gasteiger partial charge in [0, 0.05) is 72.1 Å². The molecule has 0 saturated carbocycles. The lowest BCUT2D eigenvalue weighted by molar-refractivity contribution is -0.135. The van der Waals surface area contributed by atoms with E-state index >= 15 is 0 Å². The van der Waals surface area contributed by atoms with Crippen LogP contribution in [0.3, 0.4) is 0 Å². The number of nitrogens with one attached hydrogen (secondary N) is 1. The third-order valence-corrected chi connectivity index (χ3v) is 7.09. The van der Waals surface area contributed by atoms with Gasteiger partial charge < -0.3 is 20.0 Å². The molecule has 1 aromatic rings. The number of likely N-dealkylation sites (tertiary alicyclic amines) is 1. The van der Waals surface area contributed by atoms with Gasteiger partial charge >= 0.3 is 0 Å². The molecule has 4 rings (SSSR count). The zero-order valence-electron chi connectivity index (χ0n) is 19.8. The molecule has 3 aliphatic heterocycles. The first-order valence-corrected chi connectivity index (χ1v) is 11.9. The maximum Gasteiger partial charge on any atom is 0.239 e. The highest BCUT2D eigenvalue weighted by molar-refractivity contribution is 14.0. The minimum atomic E-state index is -0.0242. The molecule has 1 N–H and O–H groups in total. The molecule has 1 unspecified atom stereocenters. The van der Waals surface area contributed by atoms with E-state index in [0.29, 0.717) is 5.91 Å². The zero-order valence-corrected chi connectivity index (χ0v) is 22.2. The molecule has 1 atom stereocenters. The van der Waals surface area contributed by atoms with Crippen LogP contribution >= 0.6 is 24.0 Å². The van der Waals surface area contributed by atoms with Crippen molar-refractivity contribution >= 4 is 41.5 Å². The highest BCUT2D eigenvalue weighted by atomic mass is 127. The predicted octanol–water partition coefficient (Wildman–Crippen LogP) is 2.39. The smallest absolute Gasteiger partial charge is 0.239 e. The van der Waals surface area contributed by atoms with E-state index in [9.17, 15) is 4.79 Å². The number of nitrogens with zero attached hydrogens (tertiary/aromatic N) is 5. The van der Waals surface area contributed by atoms with Crippen molar-refractivity contribution in [2.75, 3.05) is 64.8 Å². The molecule has 32 heavy (non-hydrogen) atoms. The van der Waals surface area contributed by atoms with Gasteiger partial charge in [-0.25, -0.2) is 0 Å². The van der Waals surface area contributed by atoms with Crippen LogP contribution < -0.4 is 10.2 Å². The Kier molecular flexibility index (Phi) is 9.04. The molecule has 7 nitrogen and oxygen atoms in total. The maximum absolute atomic E-state index is 12.7. The van der Waals surface area contributed by atoms with Crippen LogP contribution in [0.5, 0.6) is 0 Å². The van der Waals surface area contributed by atoms with Crippen LogP contribution in [0.25, 0.3) is 0 Å². The molecule has 2 fully saturated rings. The van der Waals surface area contributed by atoms with E-state index in [2.05, 4.69) is 57.2 Å². The first-order chi connectivity index (χ1) is 15.1. The molecule has 1 aromatic carbocycles. The summed E-state index contributed by atoms with van der Waals surface area (Å²) >= 11 is 0. The number of carbonyl (C=O) groups excluding carboxylic acids is 1. The van der Waals surface area contributed by atoms with Gasteiger partial charge in [-0.3, -0.25) is 14.7 Å². The first-order valence-electron chi connectivity index (χ1n) is 11.9. The molecular weight excluding hydrogens is 515 g/mol. The fraction of sp³-hybridized carbons (Fsp3) is 0.667. The number of carbonyl (C=O) groups is 1. The summed E-state index contributed by atoms with van der Waals surface area (Å²) in [5, 5.41) is 3.55. The van der Waals surface area contributed by atoms with Crippen molar-refractivity contribution < 1.29 is 4.79 Å². The SMILES string of the molecule is CN=C(NCc1ccc2c(c1)CCCN2C)N1CCN(C(C)C(=O)N2CCCC2)CC1.I. The highest BCUT2D eigenvalue weighted by Gasteiger charge is 2.30. The van der Waals surface area contributed by atoms with Crippen molar-refractivity contribution in [3.05, 3.63) is 29.3 Å². The number of aryl methyl sites for hydroxylation is 1. The second-order valence-electron chi connectivity index (χ2n) is 9.12. The predicted molar refractivity (Wildman–Crippen MR) is 142 cm³/mol. The Morgan fingerprint density at radius 3 is 2.44 bits per heavy atom. The highest BCUT2D eigenvalue weighted by Crippen LogP contribution is 2.26. The van der Waals surface area contributed by atoms with E-state index in [1.165, 1.54) is 29.7 Å². The van der Waals surface area contributed by atoms with E-state index in [4.69, 9.17) is 0 Å². The number of amides is 1. The summed E-state index contributed by atoms with van der Waals surface area (Å²) in [5.74, 6) is 1.25. The van der Waals surface area contributed by atoms with Crippen LogP contribution in [0.1, 0.15) is 37.3 Å². The van der Waals surface area contributed by atoms with Gasteiger partial charge in [0.2, 0.25) is 5.91 Å². The molecule has 0 aromatic heterocycles. The van der Waals surface area contributed by atoms with Crippen molar-refractivity contribution in [1.82, 2.24) is 20.0 Å². The number of hydrogen-bond acceptors (Lipinski definition) is 4. The van der Waals surface area contributed by atoms with E-state index < -0.39 is 0 Å². The normalized spacial score (nSPS) is 20.6. The van der Waals surface area contributed by atoms with Crippen LogP contribution in [-0.4, -0.2) is 92.5 Å². The third kappa shape index (κ3) is 5.68. The van der Waals surface area contributed by atoms with Crippen molar-refractivity contribution in [3.8, 4) is 0 Å². The molecular formula is C24H39IN6O. The summed E-state index contributed by atoms with van der Waals surface area (Å²) in [6.45, 7) is 9.44. The average molecular weight is 555 g/mol. The van der Waals surface area contributed by atoms with Crippen LogP contribution in [0, 0.1) is 0 Å². The Morgan fingerprint density at radius 1 is 1.03 bits per heavy atom. The van der Waals surface area contributed by atoms with Crippen LogP contribution in [0.4, 0.5) is 5.69 Å². The van der Waals surface area contributed by atoms with Crippen molar-refractivity contribution in [2.24, 2.45) is 4.99 Å². The molecule has 0 aliphatic carbocycles. The van der Waals surface area contributed by atoms with Gasteiger partial charge in [-0.2, -0.15) is 0 Å². The number of guanidine groups is 1. The lowest BCUT2D eigenvalue weighted by Crippen LogP contribution is -2.57. The Hall–Kier alpha value is -1.55. The summed E-state index contributed by atoms with van der Waals surface area (Å²) < 4.78 is 0. The number of aliphatic imine (C=N–C) groups is 1. The number of halogens is 1. The van der Waals surface area contributed by atoms with Gasteiger partial charge in [0.1, 0.15) is 0 Å². The van der Waals surface area contributed by atoms with Crippen molar-refractivity contribution in [1.29, 1.82) is 0 Å². The molecule has 3 heterocycles. The van der Waals surface area contributed by atoms with E-state index in [1.54, 1.807) is 0 Å². The Labute approximate surface area is 210 Å². The van der Waals surface area contributed by atoms with Crippen molar-refractivity contribution in [3.63, 3.8) is 0 Å². The van der Waals surface area contributed by atoms with E-state index in [-0.39, 0.29) is 30.0 Å². The standard InChI is InChI=1S/C24H38N6O.HI/c1-19(23(31)29-11-4-5-12-29)28-13-15-30(16-14-28)24(25-2)26-18-20-8-9-22-21(17-20)7-6-10-27(22)3;/h8-9,17,19H,4-7,10-16,18H2,1-3H3,(H,25,26);1H. The maximum atomic E-state index is 12.7. The fourth-order valence-electron chi connectivity index (χ4n) is 5.14. The number of piperazine rings is 1. The number of hydrogen-bond donors (Lipinski definition) is 1. The van der Waals surface area contributed by atoms with E-state index in [0.717, 1.165) is 71.2 Å². The summed E-state index contributed by atoms with van der Waals surface area (Å²) in [6.07, 6.45) is 4.69. The van der Waals surface area contributed by atoms with Crippen LogP contribution in [0.15, 0.2) is 23.2 Å². The first kappa shape index (κ1) is 25.1. The van der Waals surface area contributed by atoms with Crippen LogP contribution in [0.2, 0.25) is 0 Å². The average Bonchev–Trinajstić information content (AvgIpc) is 3.34. The monoisotopic (exact) mass is 554 g/mol. The lowest BCUT2D eigenvalue weighted by atomic mass is 9.99.